The quantitative estimate of drug-likeness (QED) is 0.782. The second-order valence-corrected chi connectivity index (χ2v) is 5.84. The SMILES string of the molecule is CC(C)c1c(N)nnn1-c1cccc2cc(Br)cnc12. The van der Waals surface area contributed by atoms with Crippen LogP contribution in [0.15, 0.2) is 34.9 Å². The third kappa shape index (κ3) is 2.06. The highest BCUT2D eigenvalue weighted by Crippen LogP contribution is 2.27. The Balaban J connectivity index is 2.30. The summed E-state index contributed by atoms with van der Waals surface area (Å²) in [5.74, 6) is 0.699. The van der Waals surface area contributed by atoms with E-state index in [-0.39, 0.29) is 5.92 Å². The standard InChI is InChI=1S/C14H14BrN5/c1-8(2)13-14(16)18-19-20(13)11-5-3-4-9-6-10(15)7-17-12(9)11/h3-8H,16H2,1-2H3. The van der Waals surface area contributed by atoms with Gasteiger partial charge in [0.05, 0.1) is 16.9 Å². The molecule has 0 spiro atoms. The van der Waals surface area contributed by atoms with Crippen molar-refractivity contribution in [2.45, 2.75) is 19.8 Å². The minimum atomic E-state index is 0.232. The van der Waals surface area contributed by atoms with Crippen molar-refractivity contribution in [1.82, 2.24) is 20.0 Å². The minimum absolute atomic E-state index is 0.232. The first-order valence-electron chi connectivity index (χ1n) is 6.33. The number of rotatable bonds is 2. The van der Waals surface area contributed by atoms with Gasteiger partial charge in [0.1, 0.15) is 0 Å². The lowest BCUT2D eigenvalue weighted by molar-refractivity contribution is 0.718. The molecule has 5 nitrogen and oxygen atoms in total. The van der Waals surface area contributed by atoms with E-state index in [2.05, 4.69) is 45.1 Å². The van der Waals surface area contributed by atoms with Gasteiger partial charge in [-0.15, -0.1) is 5.10 Å². The number of nitrogen functional groups attached to an aromatic ring is 1. The van der Waals surface area contributed by atoms with E-state index in [1.165, 1.54) is 0 Å². The fraction of sp³-hybridized carbons (Fsp3) is 0.214. The van der Waals surface area contributed by atoms with Gasteiger partial charge in [0.25, 0.3) is 0 Å². The Morgan fingerprint density at radius 3 is 2.85 bits per heavy atom. The van der Waals surface area contributed by atoms with Crippen LogP contribution in [0.5, 0.6) is 0 Å². The third-order valence-corrected chi connectivity index (χ3v) is 3.60. The number of fused-ring (bicyclic) bond motifs is 1. The number of hydrogen-bond acceptors (Lipinski definition) is 4. The summed E-state index contributed by atoms with van der Waals surface area (Å²) in [7, 11) is 0. The summed E-state index contributed by atoms with van der Waals surface area (Å²) in [5, 5.41) is 9.20. The van der Waals surface area contributed by atoms with E-state index in [0.717, 1.165) is 26.8 Å². The Morgan fingerprint density at radius 1 is 1.30 bits per heavy atom. The zero-order valence-corrected chi connectivity index (χ0v) is 12.8. The van der Waals surface area contributed by atoms with E-state index in [1.54, 1.807) is 10.9 Å². The fourth-order valence-electron chi connectivity index (χ4n) is 2.31. The molecule has 3 rings (SSSR count). The van der Waals surface area contributed by atoms with Crippen LogP contribution in [0, 0.1) is 0 Å². The van der Waals surface area contributed by atoms with Gasteiger partial charge in [-0.25, -0.2) is 4.68 Å². The van der Waals surface area contributed by atoms with Crippen molar-refractivity contribution in [2.24, 2.45) is 0 Å². The normalized spacial score (nSPS) is 11.4. The van der Waals surface area contributed by atoms with Gasteiger partial charge in [0.2, 0.25) is 0 Å². The van der Waals surface area contributed by atoms with Crippen LogP contribution in [-0.4, -0.2) is 20.0 Å². The number of nitrogens with two attached hydrogens (primary N) is 1. The molecule has 6 heteroatoms. The van der Waals surface area contributed by atoms with Gasteiger partial charge in [-0.2, -0.15) is 0 Å². The van der Waals surface area contributed by atoms with Crippen molar-refractivity contribution < 1.29 is 0 Å². The van der Waals surface area contributed by atoms with E-state index in [4.69, 9.17) is 5.73 Å². The number of halogens is 1. The molecule has 0 saturated heterocycles. The Kier molecular flexibility index (Phi) is 3.17. The number of aromatic nitrogens is 4. The maximum Gasteiger partial charge on any atom is 0.169 e. The zero-order chi connectivity index (χ0) is 14.3. The number of hydrogen-bond donors (Lipinski definition) is 1. The first kappa shape index (κ1) is 13.1. The molecule has 0 unspecified atom stereocenters. The summed E-state index contributed by atoms with van der Waals surface area (Å²) in [6.45, 7) is 4.14. The smallest absolute Gasteiger partial charge is 0.169 e. The topological polar surface area (TPSA) is 69.6 Å². The molecule has 0 aliphatic rings. The highest BCUT2D eigenvalue weighted by Gasteiger charge is 2.17. The van der Waals surface area contributed by atoms with Crippen LogP contribution in [0.3, 0.4) is 0 Å². The molecular formula is C14H14BrN5. The Morgan fingerprint density at radius 2 is 2.10 bits per heavy atom. The van der Waals surface area contributed by atoms with Gasteiger partial charge >= 0.3 is 0 Å². The van der Waals surface area contributed by atoms with Gasteiger partial charge < -0.3 is 5.73 Å². The Bertz CT molecular complexity index is 778. The maximum absolute atomic E-state index is 5.93. The first-order valence-corrected chi connectivity index (χ1v) is 7.13. The Hall–Kier alpha value is -1.95. The molecule has 0 aliphatic carbocycles. The van der Waals surface area contributed by atoms with E-state index in [1.807, 2.05) is 24.3 Å². The molecule has 0 fully saturated rings. The lowest BCUT2D eigenvalue weighted by atomic mass is 10.1. The van der Waals surface area contributed by atoms with Gasteiger partial charge in [-0.3, -0.25) is 4.98 Å². The summed E-state index contributed by atoms with van der Waals surface area (Å²) in [6.07, 6.45) is 1.78. The molecule has 0 amide bonds. The van der Waals surface area contributed by atoms with Crippen LogP contribution < -0.4 is 5.73 Å². The van der Waals surface area contributed by atoms with Crippen molar-refractivity contribution in [1.29, 1.82) is 0 Å². The molecule has 0 aliphatic heterocycles. The van der Waals surface area contributed by atoms with Crippen LogP contribution in [0.1, 0.15) is 25.5 Å². The van der Waals surface area contributed by atoms with Gasteiger partial charge in [-0.05, 0) is 34.0 Å². The van der Waals surface area contributed by atoms with E-state index in [9.17, 15) is 0 Å². The second kappa shape index (κ2) is 4.86. The van der Waals surface area contributed by atoms with Crippen LogP contribution in [0.4, 0.5) is 5.82 Å². The number of para-hydroxylation sites is 1. The molecule has 0 bridgehead atoms. The van der Waals surface area contributed by atoms with Crippen LogP contribution >= 0.6 is 15.9 Å². The molecular weight excluding hydrogens is 318 g/mol. The van der Waals surface area contributed by atoms with Crippen LogP contribution in [-0.2, 0) is 0 Å². The summed E-state index contributed by atoms with van der Waals surface area (Å²) < 4.78 is 2.73. The lowest BCUT2D eigenvalue weighted by Gasteiger charge is -2.11. The summed E-state index contributed by atoms with van der Waals surface area (Å²) in [4.78, 5) is 4.49. The Labute approximate surface area is 124 Å². The number of pyridine rings is 1. The highest BCUT2D eigenvalue weighted by atomic mass is 79.9. The summed E-state index contributed by atoms with van der Waals surface area (Å²) >= 11 is 3.44. The minimum Gasteiger partial charge on any atom is -0.381 e. The molecule has 0 atom stereocenters. The maximum atomic E-state index is 5.93. The lowest BCUT2D eigenvalue weighted by Crippen LogP contribution is -2.06. The predicted octanol–water partition coefficient (Wildman–Crippen LogP) is 3.28. The van der Waals surface area contributed by atoms with E-state index in [0.29, 0.717) is 5.82 Å². The largest absolute Gasteiger partial charge is 0.381 e. The molecule has 102 valence electrons. The molecule has 0 radical (unpaired) electrons. The van der Waals surface area contributed by atoms with Crippen molar-refractivity contribution >= 4 is 32.7 Å². The molecule has 20 heavy (non-hydrogen) atoms. The van der Waals surface area contributed by atoms with Crippen molar-refractivity contribution in [3.05, 3.63) is 40.6 Å². The van der Waals surface area contributed by atoms with Gasteiger partial charge in [-0.1, -0.05) is 31.2 Å². The van der Waals surface area contributed by atoms with E-state index < -0.39 is 0 Å². The van der Waals surface area contributed by atoms with Gasteiger partial charge in [0.15, 0.2) is 5.82 Å². The van der Waals surface area contributed by atoms with Crippen molar-refractivity contribution in [3.8, 4) is 5.69 Å². The average Bonchev–Trinajstić information content (AvgIpc) is 2.79. The third-order valence-electron chi connectivity index (χ3n) is 3.16. The highest BCUT2D eigenvalue weighted by molar-refractivity contribution is 9.10. The van der Waals surface area contributed by atoms with Gasteiger partial charge in [0, 0.05) is 16.1 Å². The number of nitrogens with zero attached hydrogens (tertiary/aromatic N) is 4. The molecule has 2 aromatic heterocycles. The predicted molar refractivity (Wildman–Crippen MR) is 82.9 cm³/mol. The summed E-state index contributed by atoms with van der Waals surface area (Å²) in [6, 6.07) is 8.00. The second-order valence-electron chi connectivity index (χ2n) is 4.93. The van der Waals surface area contributed by atoms with Crippen LogP contribution in [0.25, 0.3) is 16.6 Å². The molecule has 3 aromatic rings. The summed E-state index contributed by atoms with van der Waals surface area (Å²) in [5.41, 5.74) is 8.60. The molecule has 1 aromatic carbocycles. The van der Waals surface area contributed by atoms with Crippen molar-refractivity contribution in [3.63, 3.8) is 0 Å². The van der Waals surface area contributed by atoms with E-state index >= 15 is 0 Å². The number of anilines is 1. The first-order chi connectivity index (χ1) is 9.58. The zero-order valence-electron chi connectivity index (χ0n) is 11.2. The fourth-order valence-corrected chi connectivity index (χ4v) is 2.66. The van der Waals surface area contributed by atoms with Crippen molar-refractivity contribution in [2.75, 3.05) is 5.73 Å². The van der Waals surface area contributed by atoms with Crippen LogP contribution in [0.2, 0.25) is 0 Å². The molecule has 2 N–H and O–H groups in total. The average molecular weight is 332 g/mol. The molecule has 0 saturated carbocycles. The monoisotopic (exact) mass is 331 g/mol. The number of benzene rings is 1. The molecule has 2 heterocycles.